The lowest BCUT2D eigenvalue weighted by Crippen LogP contribution is -2.45. The Balaban J connectivity index is 1.52. The molecule has 0 spiro atoms. The second-order valence-corrected chi connectivity index (χ2v) is 7.78. The highest BCUT2D eigenvalue weighted by Crippen LogP contribution is 2.29. The van der Waals surface area contributed by atoms with E-state index in [9.17, 15) is 4.79 Å². The van der Waals surface area contributed by atoms with E-state index in [0.29, 0.717) is 17.6 Å². The number of thiazole rings is 1. The summed E-state index contributed by atoms with van der Waals surface area (Å²) in [5.74, 6) is 0. The topological polar surface area (TPSA) is 45.2 Å². The fraction of sp³-hybridized carbons (Fsp3) is 0.263. The summed E-state index contributed by atoms with van der Waals surface area (Å²) in [6.07, 6.45) is 3.28. The fourth-order valence-electron chi connectivity index (χ4n) is 2.93. The zero-order valence-electron chi connectivity index (χ0n) is 13.6. The van der Waals surface area contributed by atoms with Gasteiger partial charge in [-0.05, 0) is 55.7 Å². The molecule has 0 atom stereocenters. The number of para-hydroxylation sites is 1. The number of hydrogen-bond acceptors (Lipinski definition) is 3. The zero-order chi connectivity index (χ0) is 17.2. The molecule has 0 unspecified atom stereocenters. The second-order valence-electron chi connectivity index (χ2n) is 6.23. The zero-order valence-corrected chi connectivity index (χ0v) is 15.2. The Bertz CT molecular complexity index is 856. The molecule has 0 aliphatic heterocycles. The highest BCUT2D eigenvalue weighted by atomic mass is 35.5. The lowest BCUT2D eigenvalue weighted by atomic mass is 9.91. The number of urea groups is 1. The van der Waals surface area contributed by atoms with Crippen LogP contribution in [0.5, 0.6) is 0 Å². The molecule has 4 rings (SSSR count). The molecule has 2 amide bonds. The third-order valence-electron chi connectivity index (χ3n) is 4.52. The smallest absolute Gasteiger partial charge is 0.315 e. The van der Waals surface area contributed by atoms with E-state index in [0.717, 1.165) is 33.8 Å². The van der Waals surface area contributed by atoms with Gasteiger partial charge in [0.2, 0.25) is 0 Å². The van der Waals surface area contributed by atoms with Crippen LogP contribution >= 0.6 is 22.9 Å². The standard InChI is InChI=1S/C19H18ClN3OS/c20-13-8-10-14(11-9-13)21-19(24)23(15-4-3-5-15)12-18-22-16-6-1-2-7-17(16)25-18/h1-2,6-11,15H,3-5,12H2,(H,21,24). The molecule has 1 aliphatic rings. The Hall–Kier alpha value is -2.11. The molecule has 3 aromatic rings. The van der Waals surface area contributed by atoms with Crippen LogP contribution in [-0.2, 0) is 6.54 Å². The van der Waals surface area contributed by atoms with Crippen molar-refractivity contribution in [3.05, 3.63) is 58.6 Å². The first kappa shape index (κ1) is 16.4. The number of rotatable bonds is 4. The van der Waals surface area contributed by atoms with Crippen molar-refractivity contribution in [2.24, 2.45) is 0 Å². The van der Waals surface area contributed by atoms with E-state index in [4.69, 9.17) is 11.6 Å². The molecule has 1 aromatic heterocycles. The van der Waals surface area contributed by atoms with Crippen LogP contribution in [0.1, 0.15) is 24.3 Å². The molecular formula is C19H18ClN3OS. The number of carbonyl (C=O) groups excluding carboxylic acids is 1. The van der Waals surface area contributed by atoms with Crippen LogP contribution in [0.3, 0.4) is 0 Å². The highest BCUT2D eigenvalue weighted by Gasteiger charge is 2.29. The number of amides is 2. The van der Waals surface area contributed by atoms with Crippen molar-refractivity contribution in [1.82, 2.24) is 9.88 Å². The Morgan fingerprint density at radius 3 is 2.64 bits per heavy atom. The quantitative estimate of drug-likeness (QED) is 0.654. The molecule has 6 heteroatoms. The third kappa shape index (κ3) is 3.62. The number of aromatic nitrogens is 1. The van der Waals surface area contributed by atoms with Crippen molar-refractivity contribution in [1.29, 1.82) is 0 Å². The molecule has 0 saturated heterocycles. The number of fused-ring (bicyclic) bond motifs is 1. The molecule has 0 bridgehead atoms. The van der Waals surface area contributed by atoms with Crippen LogP contribution in [0.15, 0.2) is 48.5 Å². The molecular weight excluding hydrogens is 354 g/mol. The van der Waals surface area contributed by atoms with E-state index >= 15 is 0 Å². The minimum absolute atomic E-state index is 0.0775. The van der Waals surface area contributed by atoms with Gasteiger partial charge in [0, 0.05) is 16.8 Å². The van der Waals surface area contributed by atoms with Gasteiger partial charge >= 0.3 is 6.03 Å². The minimum atomic E-state index is -0.0775. The molecule has 0 radical (unpaired) electrons. The highest BCUT2D eigenvalue weighted by molar-refractivity contribution is 7.18. The first-order valence-electron chi connectivity index (χ1n) is 8.37. The fourth-order valence-corrected chi connectivity index (χ4v) is 4.02. The van der Waals surface area contributed by atoms with Gasteiger partial charge < -0.3 is 10.2 Å². The molecule has 25 heavy (non-hydrogen) atoms. The Labute approximate surface area is 155 Å². The maximum Gasteiger partial charge on any atom is 0.322 e. The van der Waals surface area contributed by atoms with Crippen molar-refractivity contribution >= 4 is 44.9 Å². The van der Waals surface area contributed by atoms with Gasteiger partial charge in [0.25, 0.3) is 0 Å². The van der Waals surface area contributed by atoms with E-state index in [-0.39, 0.29) is 6.03 Å². The number of hydrogen-bond donors (Lipinski definition) is 1. The maximum atomic E-state index is 12.8. The lowest BCUT2D eigenvalue weighted by Gasteiger charge is -2.37. The summed E-state index contributed by atoms with van der Waals surface area (Å²) < 4.78 is 1.16. The summed E-state index contributed by atoms with van der Waals surface area (Å²) in [7, 11) is 0. The number of nitrogens with zero attached hydrogens (tertiary/aromatic N) is 2. The van der Waals surface area contributed by atoms with Crippen molar-refractivity contribution in [3.63, 3.8) is 0 Å². The number of anilines is 1. The maximum absolute atomic E-state index is 12.8. The van der Waals surface area contributed by atoms with Crippen LogP contribution in [0.25, 0.3) is 10.2 Å². The number of nitrogens with one attached hydrogen (secondary N) is 1. The molecule has 1 saturated carbocycles. The van der Waals surface area contributed by atoms with Gasteiger partial charge in [0.15, 0.2) is 0 Å². The Morgan fingerprint density at radius 1 is 1.20 bits per heavy atom. The van der Waals surface area contributed by atoms with E-state index in [1.54, 1.807) is 23.5 Å². The van der Waals surface area contributed by atoms with E-state index < -0.39 is 0 Å². The second kappa shape index (κ2) is 7.02. The number of carbonyl (C=O) groups is 1. The molecule has 1 N–H and O–H groups in total. The monoisotopic (exact) mass is 371 g/mol. The summed E-state index contributed by atoms with van der Waals surface area (Å²) in [5.41, 5.74) is 1.75. The van der Waals surface area contributed by atoms with Crippen LogP contribution in [0.2, 0.25) is 5.02 Å². The van der Waals surface area contributed by atoms with Gasteiger partial charge in [-0.2, -0.15) is 0 Å². The van der Waals surface area contributed by atoms with Gasteiger partial charge in [0.05, 0.1) is 16.8 Å². The Kier molecular flexibility index (Phi) is 4.59. The van der Waals surface area contributed by atoms with Gasteiger partial charge in [0.1, 0.15) is 5.01 Å². The van der Waals surface area contributed by atoms with Crippen LogP contribution in [0.4, 0.5) is 10.5 Å². The van der Waals surface area contributed by atoms with Crippen molar-refractivity contribution < 1.29 is 4.79 Å². The summed E-state index contributed by atoms with van der Waals surface area (Å²) in [5, 5.41) is 4.61. The van der Waals surface area contributed by atoms with Gasteiger partial charge in [-0.3, -0.25) is 0 Å². The predicted octanol–water partition coefficient (Wildman–Crippen LogP) is 5.54. The van der Waals surface area contributed by atoms with Crippen LogP contribution < -0.4 is 5.32 Å². The first-order valence-corrected chi connectivity index (χ1v) is 9.56. The molecule has 1 heterocycles. The van der Waals surface area contributed by atoms with Crippen LogP contribution in [0, 0.1) is 0 Å². The lowest BCUT2D eigenvalue weighted by molar-refractivity contribution is 0.143. The van der Waals surface area contributed by atoms with E-state index in [2.05, 4.69) is 16.4 Å². The summed E-state index contributed by atoms with van der Waals surface area (Å²) in [4.78, 5) is 19.4. The van der Waals surface area contributed by atoms with Crippen LogP contribution in [-0.4, -0.2) is 22.0 Å². The largest absolute Gasteiger partial charge is 0.322 e. The first-order chi connectivity index (χ1) is 12.2. The Morgan fingerprint density at radius 2 is 1.96 bits per heavy atom. The molecule has 1 aliphatic carbocycles. The molecule has 1 fully saturated rings. The van der Waals surface area contributed by atoms with Gasteiger partial charge in [-0.25, -0.2) is 9.78 Å². The summed E-state index contributed by atoms with van der Waals surface area (Å²) in [6, 6.07) is 15.5. The van der Waals surface area contributed by atoms with Crippen molar-refractivity contribution in [2.45, 2.75) is 31.8 Å². The summed E-state index contributed by atoms with van der Waals surface area (Å²) in [6.45, 7) is 0.545. The molecule has 128 valence electrons. The summed E-state index contributed by atoms with van der Waals surface area (Å²) >= 11 is 7.56. The number of benzene rings is 2. The normalized spacial score (nSPS) is 14.3. The average molecular weight is 372 g/mol. The van der Waals surface area contributed by atoms with Crippen molar-refractivity contribution in [2.75, 3.05) is 5.32 Å². The SMILES string of the molecule is O=C(Nc1ccc(Cl)cc1)N(Cc1nc2ccccc2s1)C1CCC1. The predicted molar refractivity (Wildman–Crippen MR) is 103 cm³/mol. The molecule has 2 aromatic carbocycles. The molecule has 4 nitrogen and oxygen atoms in total. The van der Waals surface area contributed by atoms with Crippen molar-refractivity contribution in [3.8, 4) is 0 Å². The number of halogens is 1. The van der Waals surface area contributed by atoms with Gasteiger partial charge in [-0.15, -0.1) is 11.3 Å². The third-order valence-corrected chi connectivity index (χ3v) is 5.79. The van der Waals surface area contributed by atoms with E-state index in [1.807, 2.05) is 35.2 Å². The minimum Gasteiger partial charge on any atom is -0.315 e. The average Bonchev–Trinajstić information content (AvgIpc) is 2.97. The van der Waals surface area contributed by atoms with Gasteiger partial charge in [-0.1, -0.05) is 23.7 Å². The van der Waals surface area contributed by atoms with E-state index in [1.165, 1.54) is 6.42 Å².